The van der Waals surface area contributed by atoms with E-state index in [9.17, 15) is 9.59 Å². The molecule has 0 aromatic heterocycles. The number of anilines is 1. The molecule has 1 atom stereocenters. The van der Waals surface area contributed by atoms with Gasteiger partial charge >= 0.3 is 6.09 Å². The van der Waals surface area contributed by atoms with Crippen LogP contribution in [0.2, 0.25) is 0 Å². The molecule has 0 spiro atoms. The van der Waals surface area contributed by atoms with Crippen LogP contribution in [-0.4, -0.2) is 28.3 Å². The minimum Gasteiger partial charge on any atom is -0.465 e. The number of aliphatic hydroxyl groups excluding tert-OH is 1. The van der Waals surface area contributed by atoms with Gasteiger partial charge in [-0.25, -0.2) is 4.79 Å². The lowest BCUT2D eigenvalue weighted by Crippen LogP contribution is -2.40. The van der Waals surface area contributed by atoms with Crippen LogP contribution in [0, 0.1) is 0 Å². The topological polar surface area (TPSA) is 98.7 Å². The molecule has 0 saturated heterocycles. The lowest BCUT2D eigenvalue weighted by molar-refractivity contribution is -0.117. The third-order valence-electron chi connectivity index (χ3n) is 2.14. The number of nitrogens with one attached hydrogen (secondary N) is 2. The highest BCUT2D eigenvalue weighted by atomic mass is 16.4. The average molecular weight is 238 g/mol. The maximum absolute atomic E-state index is 11.5. The fourth-order valence-electron chi connectivity index (χ4n) is 1.19. The van der Waals surface area contributed by atoms with Crippen molar-refractivity contribution in [3.8, 4) is 0 Å². The molecule has 0 radical (unpaired) electrons. The molecule has 0 heterocycles. The molecule has 1 rings (SSSR count). The Morgan fingerprint density at radius 3 is 2.35 bits per heavy atom. The Morgan fingerprint density at radius 2 is 1.88 bits per heavy atom. The minimum absolute atomic E-state index is 0.0643. The SMILES string of the molecule is C[C@H](NC(=O)O)C(=O)Nc1ccc(CO)cc1. The van der Waals surface area contributed by atoms with Gasteiger partial charge in [0.25, 0.3) is 0 Å². The van der Waals surface area contributed by atoms with E-state index in [0.717, 1.165) is 5.56 Å². The van der Waals surface area contributed by atoms with Crippen molar-refractivity contribution >= 4 is 17.7 Å². The second-order valence-corrected chi connectivity index (χ2v) is 3.52. The Hall–Kier alpha value is -2.08. The second kappa shape index (κ2) is 5.86. The van der Waals surface area contributed by atoms with Crippen LogP contribution in [0.3, 0.4) is 0 Å². The summed E-state index contributed by atoms with van der Waals surface area (Å²) in [5.74, 6) is -0.441. The van der Waals surface area contributed by atoms with Gasteiger partial charge in [0.1, 0.15) is 6.04 Å². The van der Waals surface area contributed by atoms with Gasteiger partial charge in [0, 0.05) is 5.69 Å². The first-order valence-corrected chi connectivity index (χ1v) is 5.03. The third kappa shape index (κ3) is 4.12. The predicted octanol–water partition coefficient (Wildman–Crippen LogP) is 0.773. The first-order valence-electron chi connectivity index (χ1n) is 5.03. The van der Waals surface area contributed by atoms with Crippen molar-refractivity contribution in [3.63, 3.8) is 0 Å². The van der Waals surface area contributed by atoms with Gasteiger partial charge in [0.05, 0.1) is 6.61 Å². The van der Waals surface area contributed by atoms with Gasteiger partial charge in [-0.05, 0) is 24.6 Å². The molecular formula is C11H14N2O4. The Kier molecular flexibility index (Phi) is 4.47. The number of rotatable bonds is 4. The molecule has 2 amide bonds. The van der Waals surface area contributed by atoms with Crippen LogP contribution < -0.4 is 10.6 Å². The molecule has 1 aromatic carbocycles. The molecule has 0 bridgehead atoms. The molecule has 0 aliphatic carbocycles. The molecule has 92 valence electrons. The number of carbonyl (C=O) groups is 2. The summed E-state index contributed by atoms with van der Waals surface area (Å²) in [4.78, 5) is 21.8. The van der Waals surface area contributed by atoms with Crippen LogP contribution in [0.4, 0.5) is 10.5 Å². The Morgan fingerprint density at radius 1 is 1.29 bits per heavy atom. The number of benzene rings is 1. The zero-order valence-corrected chi connectivity index (χ0v) is 9.30. The van der Waals surface area contributed by atoms with Crippen LogP contribution in [0.25, 0.3) is 0 Å². The zero-order valence-electron chi connectivity index (χ0n) is 9.30. The van der Waals surface area contributed by atoms with E-state index in [1.165, 1.54) is 6.92 Å². The van der Waals surface area contributed by atoms with Crippen LogP contribution in [-0.2, 0) is 11.4 Å². The molecule has 0 aliphatic heterocycles. The highest BCUT2D eigenvalue weighted by Crippen LogP contribution is 2.09. The van der Waals surface area contributed by atoms with Gasteiger partial charge in [-0.1, -0.05) is 12.1 Å². The maximum Gasteiger partial charge on any atom is 0.405 e. The van der Waals surface area contributed by atoms with E-state index < -0.39 is 18.0 Å². The normalized spacial score (nSPS) is 11.6. The Bertz CT molecular complexity index is 402. The zero-order chi connectivity index (χ0) is 12.8. The molecular weight excluding hydrogens is 224 g/mol. The largest absolute Gasteiger partial charge is 0.465 e. The lowest BCUT2D eigenvalue weighted by atomic mass is 10.2. The van der Waals surface area contributed by atoms with Gasteiger partial charge in [-0.3, -0.25) is 4.79 Å². The highest BCUT2D eigenvalue weighted by molar-refractivity contribution is 5.96. The number of carboxylic acid groups (broad SMARTS) is 1. The molecule has 4 N–H and O–H groups in total. The van der Waals surface area contributed by atoms with Crippen LogP contribution >= 0.6 is 0 Å². The van der Waals surface area contributed by atoms with E-state index in [1.807, 2.05) is 5.32 Å². The van der Waals surface area contributed by atoms with Crippen molar-refractivity contribution in [2.45, 2.75) is 19.6 Å². The van der Waals surface area contributed by atoms with E-state index in [1.54, 1.807) is 24.3 Å². The van der Waals surface area contributed by atoms with Crippen molar-refractivity contribution in [3.05, 3.63) is 29.8 Å². The molecule has 0 unspecified atom stereocenters. The summed E-state index contributed by atoms with van der Waals surface area (Å²) in [5.41, 5.74) is 1.28. The Balaban J connectivity index is 2.58. The molecule has 0 fully saturated rings. The minimum atomic E-state index is -1.25. The summed E-state index contributed by atoms with van der Waals surface area (Å²) in [6.45, 7) is 1.39. The number of carbonyl (C=O) groups excluding carboxylic acids is 1. The number of hydrogen-bond donors (Lipinski definition) is 4. The summed E-state index contributed by atoms with van der Waals surface area (Å²) in [6, 6.07) is 5.79. The number of aliphatic hydroxyl groups is 1. The average Bonchev–Trinajstić information content (AvgIpc) is 2.29. The Labute approximate surface area is 98.3 Å². The quantitative estimate of drug-likeness (QED) is 0.622. The molecule has 6 nitrogen and oxygen atoms in total. The summed E-state index contributed by atoms with van der Waals surface area (Å²) < 4.78 is 0. The summed E-state index contributed by atoms with van der Waals surface area (Å²) in [7, 11) is 0. The van der Waals surface area contributed by atoms with Crippen molar-refractivity contribution in [2.24, 2.45) is 0 Å². The fourth-order valence-corrected chi connectivity index (χ4v) is 1.19. The van der Waals surface area contributed by atoms with Crippen molar-refractivity contribution < 1.29 is 19.8 Å². The van der Waals surface area contributed by atoms with E-state index in [2.05, 4.69) is 5.32 Å². The number of amides is 2. The van der Waals surface area contributed by atoms with Gasteiger partial charge in [-0.15, -0.1) is 0 Å². The van der Waals surface area contributed by atoms with Crippen molar-refractivity contribution in [2.75, 3.05) is 5.32 Å². The van der Waals surface area contributed by atoms with E-state index >= 15 is 0 Å². The molecule has 6 heteroatoms. The second-order valence-electron chi connectivity index (χ2n) is 3.52. The molecule has 0 saturated carbocycles. The van der Waals surface area contributed by atoms with Crippen LogP contribution in [0.1, 0.15) is 12.5 Å². The van der Waals surface area contributed by atoms with Crippen molar-refractivity contribution in [1.29, 1.82) is 0 Å². The highest BCUT2D eigenvalue weighted by Gasteiger charge is 2.14. The first kappa shape index (κ1) is 13.0. The number of hydrogen-bond acceptors (Lipinski definition) is 3. The monoisotopic (exact) mass is 238 g/mol. The standard InChI is InChI=1S/C11H14N2O4/c1-7(12-11(16)17)10(15)13-9-4-2-8(6-14)3-5-9/h2-5,7,12,14H,6H2,1H3,(H,13,15)(H,16,17)/t7-/m0/s1. The van der Waals surface area contributed by atoms with Crippen molar-refractivity contribution in [1.82, 2.24) is 5.32 Å². The smallest absolute Gasteiger partial charge is 0.405 e. The summed E-state index contributed by atoms with van der Waals surface area (Å²) in [6.07, 6.45) is -1.25. The maximum atomic E-state index is 11.5. The van der Waals surface area contributed by atoms with E-state index in [-0.39, 0.29) is 6.61 Å². The first-order chi connectivity index (χ1) is 8.02. The van der Waals surface area contributed by atoms with Gasteiger partial charge < -0.3 is 20.8 Å². The fraction of sp³-hybridized carbons (Fsp3) is 0.273. The summed E-state index contributed by atoms with van der Waals surface area (Å²) in [5, 5.41) is 21.9. The molecule has 17 heavy (non-hydrogen) atoms. The summed E-state index contributed by atoms with van der Waals surface area (Å²) >= 11 is 0. The van der Waals surface area contributed by atoms with E-state index in [0.29, 0.717) is 5.69 Å². The van der Waals surface area contributed by atoms with Gasteiger partial charge in [0.15, 0.2) is 0 Å². The van der Waals surface area contributed by atoms with Crippen LogP contribution in [0.15, 0.2) is 24.3 Å². The van der Waals surface area contributed by atoms with Gasteiger partial charge in [0.2, 0.25) is 5.91 Å². The molecule has 0 aliphatic rings. The lowest BCUT2D eigenvalue weighted by Gasteiger charge is -2.12. The van der Waals surface area contributed by atoms with Crippen LogP contribution in [0.5, 0.6) is 0 Å². The van der Waals surface area contributed by atoms with Gasteiger partial charge in [-0.2, -0.15) is 0 Å². The van der Waals surface area contributed by atoms with E-state index in [4.69, 9.17) is 10.2 Å². The third-order valence-corrected chi connectivity index (χ3v) is 2.14. The predicted molar refractivity (Wildman–Crippen MR) is 61.6 cm³/mol. The molecule has 1 aromatic rings.